The van der Waals surface area contributed by atoms with Gasteiger partial charge < -0.3 is 10.6 Å². The molecule has 0 spiro atoms. The Bertz CT molecular complexity index is 1080. The molecule has 0 radical (unpaired) electrons. The number of benzene rings is 3. The Morgan fingerprint density at radius 3 is 2.17 bits per heavy atom. The van der Waals surface area contributed by atoms with Gasteiger partial charge in [0.25, 0.3) is 11.8 Å². The summed E-state index contributed by atoms with van der Waals surface area (Å²) in [5, 5.41) is 5.36. The second-order valence-electron chi connectivity index (χ2n) is 6.45. The van der Waals surface area contributed by atoms with Crippen molar-refractivity contribution in [3.63, 3.8) is 0 Å². The first-order valence-corrected chi connectivity index (χ1v) is 8.98. The van der Waals surface area contributed by atoms with Crippen LogP contribution < -0.4 is 10.6 Å². The molecule has 0 fully saturated rings. The van der Waals surface area contributed by atoms with Gasteiger partial charge in [-0.25, -0.2) is 4.39 Å². The van der Waals surface area contributed by atoms with Gasteiger partial charge in [0.2, 0.25) is 0 Å². The number of carbonyl (C=O) groups excluding carboxylic acids is 3. The highest BCUT2D eigenvalue weighted by molar-refractivity contribution is 6.06. The highest BCUT2D eigenvalue weighted by Crippen LogP contribution is 2.14. The van der Waals surface area contributed by atoms with Crippen LogP contribution in [0.25, 0.3) is 0 Å². The van der Waals surface area contributed by atoms with E-state index in [4.69, 9.17) is 0 Å². The molecular weight excluding hydrogens is 371 g/mol. The molecule has 0 atom stereocenters. The lowest BCUT2D eigenvalue weighted by atomic mass is 10.1. The highest BCUT2D eigenvalue weighted by atomic mass is 19.1. The quantitative estimate of drug-likeness (QED) is 0.619. The molecule has 2 amide bonds. The van der Waals surface area contributed by atoms with Gasteiger partial charge in [0.15, 0.2) is 5.78 Å². The summed E-state index contributed by atoms with van der Waals surface area (Å²) in [6.45, 7) is 1.49. The Hall–Kier alpha value is -3.80. The van der Waals surface area contributed by atoms with E-state index in [1.165, 1.54) is 19.1 Å². The van der Waals surface area contributed by atoms with Gasteiger partial charge in [0.05, 0.1) is 0 Å². The van der Waals surface area contributed by atoms with Crippen LogP contribution in [-0.4, -0.2) is 17.6 Å². The second kappa shape index (κ2) is 8.93. The van der Waals surface area contributed by atoms with Crippen molar-refractivity contribution in [1.82, 2.24) is 5.32 Å². The molecule has 0 aliphatic carbocycles. The molecule has 3 rings (SSSR count). The molecule has 0 saturated carbocycles. The van der Waals surface area contributed by atoms with Gasteiger partial charge in [0, 0.05) is 34.5 Å². The van der Waals surface area contributed by atoms with Crippen LogP contribution in [0.1, 0.15) is 43.6 Å². The molecule has 0 heterocycles. The third-order valence-corrected chi connectivity index (χ3v) is 4.31. The lowest BCUT2D eigenvalue weighted by molar-refractivity contribution is 0.0949. The zero-order valence-electron chi connectivity index (χ0n) is 15.7. The van der Waals surface area contributed by atoms with E-state index < -0.39 is 17.6 Å². The summed E-state index contributed by atoms with van der Waals surface area (Å²) in [6.07, 6.45) is 0. The van der Waals surface area contributed by atoms with E-state index in [-0.39, 0.29) is 23.5 Å². The van der Waals surface area contributed by atoms with Crippen molar-refractivity contribution >= 4 is 23.3 Å². The summed E-state index contributed by atoms with van der Waals surface area (Å²) in [6, 6.07) is 19.0. The summed E-state index contributed by atoms with van der Waals surface area (Å²) < 4.78 is 13.7. The summed E-state index contributed by atoms with van der Waals surface area (Å²) in [7, 11) is 0. The highest BCUT2D eigenvalue weighted by Gasteiger charge is 2.12. The van der Waals surface area contributed by atoms with Crippen LogP contribution in [0.4, 0.5) is 10.1 Å². The fraction of sp³-hybridized carbons (Fsp3) is 0.0870. The molecule has 29 heavy (non-hydrogen) atoms. The summed E-state index contributed by atoms with van der Waals surface area (Å²) in [4.78, 5) is 36.4. The van der Waals surface area contributed by atoms with E-state index in [1.807, 2.05) is 0 Å². The molecule has 0 bridgehead atoms. The molecule has 0 aromatic heterocycles. The molecule has 2 N–H and O–H groups in total. The number of Topliss-reactive ketones (excluding diaryl/α,β-unsaturated/α-hetero) is 1. The summed E-state index contributed by atoms with van der Waals surface area (Å²) >= 11 is 0. The van der Waals surface area contributed by atoms with Crippen LogP contribution in [0.15, 0.2) is 72.8 Å². The van der Waals surface area contributed by atoms with E-state index in [2.05, 4.69) is 10.6 Å². The van der Waals surface area contributed by atoms with E-state index >= 15 is 0 Å². The number of halogens is 1. The van der Waals surface area contributed by atoms with Crippen molar-refractivity contribution in [2.45, 2.75) is 13.5 Å². The zero-order chi connectivity index (χ0) is 20.8. The number of ketones is 1. The largest absolute Gasteiger partial charge is 0.348 e. The topological polar surface area (TPSA) is 75.3 Å². The van der Waals surface area contributed by atoms with Gasteiger partial charge in [0.1, 0.15) is 5.82 Å². The maximum atomic E-state index is 13.7. The maximum absolute atomic E-state index is 13.7. The Balaban J connectivity index is 1.69. The van der Waals surface area contributed by atoms with Crippen molar-refractivity contribution in [2.75, 3.05) is 5.32 Å². The number of hydrogen-bond donors (Lipinski definition) is 2. The first kappa shape index (κ1) is 19.9. The smallest absolute Gasteiger partial charge is 0.255 e. The van der Waals surface area contributed by atoms with Crippen LogP contribution in [0.5, 0.6) is 0 Å². The first-order chi connectivity index (χ1) is 13.9. The minimum Gasteiger partial charge on any atom is -0.348 e. The van der Waals surface area contributed by atoms with E-state index in [1.54, 1.807) is 60.7 Å². The van der Waals surface area contributed by atoms with E-state index in [9.17, 15) is 18.8 Å². The van der Waals surface area contributed by atoms with Crippen molar-refractivity contribution in [3.05, 3.63) is 101 Å². The van der Waals surface area contributed by atoms with E-state index in [0.29, 0.717) is 16.8 Å². The molecule has 3 aromatic rings. The second-order valence-corrected chi connectivity index (χ2v) is 6.45. The number of amides is 2. The van der Waals surface area contributed by atoms with Crippen LogP contribution in [0, 0.1) is 5.82 Å². The zero-order valence-corrected chi connectivity index (χ0v) is 15.7. The minimum absolute atomic E-state index is 0.0414. The van der Waals surface area contributed by atoms with Crippen molar-refractivity contribution < 1.29 is 18.8 Å². The summed E-state index contributed by atoms with van der Waals surface area (Å²) in [5.41, 5.74) is 1.92. The molecule has 0 saturated heterocycles. The van der Waals surface area contributed by atoms with Gasteiger partial charge in [-0.05, 0) is 43.3 Å². The van der Waals surface area contributed by atoms with Gasteiger partial charge in [-0.15, -0.1) is 0 Å². The molecule has 0 unspecified atom stereocenters. The van der Waals surface area contributed by atoms with Crippen molar-refractivity contribution in [1.29, 1.82) is 0 Å². The van der Waals surface area contributed by atoms with Crippen LogP contribution in [0.2, 0.25) is 0 Å². The monoisotopic (exact) mass is 390 g/mol. The Morgan fingerprint density at radius 2 is 1.45 bits per heavy atom. The Labute approximate surface area is 167 Å². The maximum Gasteiger partial charge on any atom is 0.255 e. The molecule has 146 valence electrons. The predicted octanol–water partition coefficient (Wildman–Crippen LogP) is 4.21. The lowest BCUT2D eigenvalue weighted by Crippen LogP contribution is -2.24. The molecule has 3 aromatic carbocycles. The number of rotatable bonds is 6. The molecule has 0 aliphatic rings. The Kier molecular flexibility index (Phi) is 6.14. The van der Waals surface area contributed by atoms with Crippen molar-refractivity contribution in [2.24, 2.45) is 0 Å². The van der Waals surface area contributed by atoms with Gasteiger partial charge in [-0.2, -0.15) is 0 Å². The standard InChI is InChI=1S/C23H19FN2O3/c1-15(27)16-7-5-10-20(13-16)26-23(29)18-9-4-8-17(12-18)22(28)25-14-19-6-2-3-11-21(19)24/h2-13H,14H2,1H3,(H,25,28)(H,26,29). The van der Waals surface area contributed by atoms with Crippen LogP contribution >= 0.6 is 0 Å². The number of carbonyl (C=O) groups is 3. The van der Waals surface area contributed by atoms with Crippen LogP contribution in [0.3, 0.4) is 0 Å². The third kappa shape index (κ3) is 5.13. The number of anilines is 1. The lowest BCUT2D eigenvalue weighted by Gasteiger charge is -2.09. The minimum atomic E-state index is -0.415. The SMILES string of the molecule is CC(=O)c1cccc(NC(=O)c2cccc(C(=O)NCc3ccccc3F)c2)c1. The number of nitrogens with one attached hydrogen (secondary N) is 2. The van der Waals surface area contributed by atoms with Gasteiger partial charge >= 0.3 is 0 Å². The van der Waals surface area contributed by atoms with Gasteiger partial charge in [-0.3, -0.25) is 14.4 Å². The normalized spacial score (nSPS) is 10.3. The van der Waals surface area contributed by atoms with Crippen LogP contribution in [-0.2, 0) is 6.54 Å². The van der Waals surface area contributed by atoms with Gasteiger partial charge in [-0.1, -0.05) is 36.4 Å². The molecule has 6 heteroatoms. The first-order valence-electron chi connectivity index (χ1n) is 8.98. The average molecular weight is 390 g/mol. The fourth-order valence-electron chi connectivity index (χ4n) is 2.74. The third-order valence-electron chi connectivity index (χ3n) is 4.31. The molecule has 5 nitrogen and oxygen atoms in total. The van der Waals surface area contributed by atoms with Crippen molar-refractivity contribution in [3.8, 4) is 0 Å². The average Bonchev–Trinajstić information content (AvgIpc) is 2.73. The molecule has 0 aliphatic heterocycles. The fourth-order valence-corrected chi connectivity index (χ4v) is 2.74. The predicted molar refractivity (Wildman–Crippen MR) is 108 cm³/mol. The number of hydrogen-bond acceptors (Lipinski definition) is 3. The van der Waals surface area contributed by atoms with E-state index in [0.717, 1.165) is 0 Å². The summed E-state index contributed by atoms with van der Waals surface area (Å²) in [5.74, 6) is -1.32. The molecular formula is C23H19FN2O3. The Morgan fingerprint density at radius 1 is 0.793 bits per heavy atom.